The van der Waals surface area contributed by atoms with Crippen molar-refractivity contribution in [3.63, 3.8) is 0 Å². The Hall–Kier alpha value is -3.27. The lowest BCUT2D eigenvalue weighted by Crippen LogP contribution is -2.44. The number of rotatable bonds is 6. The monoisotopic (exact) mass is 542 g/mol. The van der Waals surface area contributed by atoms with Gasteiger partial charge in [-0.15, -0.1) is 0 Å². The molecule has 1 spiro atoms. The van der Waals surface area contributed by atoms with E-state index in [9.17, 15) is 4.79 Å². The molecule has 4 aromatic rings. The summed E-state index contributed by atoms with van der Waals surface area (Å²) < 4.78 is 7.10. The van der Waals surface area contributed by atoms with E-state index in [1.54, 1.807) is 18.0 Å². The first-order valence-corrected chi connectivity index (χ1v) is 14.2. The van der Waals surface area contributed by atoms with Crippen LogP contribution in [0.2, 0.25) is 0 Å². The molecule has 2 aliphatic rings. The number of methoxy groups -OCH3 is 1. The molecule has 9 heteroatoms. The standard InChI is InChI=1S/C30H34N6O2S/c1-29(2,38-3)18-36-19-34-24-9-8-21(14-23(24)28(36)37)39-26-17-32-25(16-33-26)35-12-10-30(11-13-35)15-20-6-4-5-7-22(20)27(30)31/h4-9,14,16-17,19,27H,10-13,15,18,31H2,1-3H3/t27-/m1/s1. The van der Waals surface area contributed by atoms with Gasteiger partial charge < -0.3 is 15.4 Å². The molecular weight excluding hydrogens is 508 g/mol. The van der Waals surface area contributed by atoms with E-state index in [0.717, 1.165) is 48.1 Å². The molecule has 1 aliphatic heterocycles. The van der Waals surface area contributed by atoms with Crippen LogP contribution < -0.4 is 16.2 Å². The van der Waals surface area contributed by atoms with Gasteiger partial charge in [0, 0.05) is 31.1 Å². The quantitative estimate of drug-likeness (QED) is 0.377. The van der Waals surface area contributed by atoms with E-state index in [1.165, 1.54) is 22.9 Å². The van der Waals surface area contributed by atoms with Crippen LogP contribution in [0.3, 0.4) is 0 Å². The Morgan fingerprint density at radius 1 is 1.10 bits per heavy atom. The van der Waals surface area contributed by atoms with Gasteiger partial charge in [-0.2, -0.15) is 0 Å². The highest BCUT2D eigenvalue weighted by Crippen LogP contribution is 2.50. The van der Waals surface area contributed by atoms with Crippen LogP contribution in [0.4, 0.5) is 5.82 Å². The minimum Gasteiger partial charge on any atom is -0.377 e. The maximum atomic E-state index is 13.1. The zero-order valence-electron chi connectivity index (χ0n) is 22.6. The molecule has 0 saturated carbocycles. The number of nitrogens with zero attached hydrogens (tertiary/aromatic N) is 5. The number of fused-ring (bicyclic) bond motifs is 2. The van der Waals surface area contributed by atoms with Crippen molar-refractivity contribution >= 4 is 28.5 Å². The Morgan fingerprint density at radius 3 is 2.62 bits per heavy atom. The molecule has 2 aromatic carbocycles. The summed E-state index contributed by atoms with van der Waals surface area (Å²) in [5.41, 5.74) is 9.73. The third kappa shape index (κ3) is 4.95. The molecule has 0 unspecified atom stereocenters. The van der Waals surface area contributed by atoms with Crippen molar-refractivity contribution in [1.82, 2.24) is 19.5 Å². The number of nitrogens with two attached hydrogens (primary N) is 1. The number of piperidine rings is 1. The zero-order valence-corrected chi connectivity index (χ0v) is 23.4. The van der Waals surface area contributed by atoms with E-state index in [1.807, 2.05) is 44.4 Å². The van der Waals surface area contributed by atoms with E-state index in [2.05, 4.69) is 39.1 Å². The summed E-state index contributed by atoms with van der Waals surface area (Å²) in [5, 5.41) is 1.36. The fraction of sp³-hybridized carbons (Fsp3) is 0.400. The van der Waals surface area contributed by atoms with Crippen molar-refractivity contribution in [3.8, 4) is 0 Å². The van der Waals surface area contributed by atoms with Gasteiger partial charge in [-0.25, -0.2) is 15.0 Å². The molecule has 3 heterocycles. The summed E-state index contributed by atoms with van der Waals surface area (Å²) in [6.07, 6.45) is 8.41. The molecule has 1 aliphatic carbocycles. The Labute approximate surface area is 232 Å². The van der Waals surface area contributed by atoms with E-state index in [0.29, 0.717) is 17.4 Å². The Morgan fingerprint density at radius 2 is 1.90 bits per heavy atom. The average molecular weight is 543 g/mol. The molecule has 1 fully saturated rings. The number of aromatic nitrogens is 4. The topological polar surface area (TPSA) is 99.2 Å². The van der Waals surface area contributed by atoms with Crippen molar-refractivity contribution in [2.24, 2.45) is 11.1 Å². The predicted molar refractivity (Wildman–Crippen MR) is 154 cm³/mol. The molecule has 0 bridgehead atoms. The largest absolute Gasteiger partial charge is 0.377 e. The Balaban J connectivity index is 1.13. The van der Waals surface area contributed by atoms with Crippen LogP contribution in [0, 0.1) is 5.41 Å². The van der Waals surface area contributed by atoms with Crippen LogP contribution in [-0.4, -0.2) is 45.3 Å². The highest BCUT2D eigenvalue weighted by atomic mass is 32.2. The molecule has 0 amide bonds. The molecular formula is C30H34N6O2S. The molecule has 39 heavy (non-hydrogen) atoms. The molecule has 1 atom stereocenters. The van der Waals surface area contributed by atoms with Gasteiger partial charge in [0.2, 0.25) is 0 Å². The second-order valence-electron chi connectivity index (χ2n) is 11.3. The lowest BCUT2D eigenvalue weighted by molar-refractivity contribution is 0.00728. The Bertz CT molecular complexity index is 1560. The summed E-state index contributed by atoms with van der Waals surface area (Å²) >= 11 is 1.49. The molecule has 0 radical (unpaired) electrons. The summed E-state index contributed by atoms with van der Waals surface area (Å²) in [5.74, 6) is 0.893. The predicted octanol–water partition coefficient (Wildman–Crippen LogP) is 4.61. The second kappa shape index (κ2) is 10.0. The molecule has 202 valence electrons. The van der Waals surface area contributed by atoms with Crippen molar-refractivity contribution < 1.29 is 4.74 Å². The smallest absolute Gasteiger partial charge is 0.261 e. The van der Waals surface area contributed by atoms with Gasteiger partial charge in [0.05, 0.1) is 41.8 Å². The first kappa shape index (κ1) is 26.0. The first-order chi connectivity index (χ1) is 18.8. The van der Waals surface area contributed by atoms with Gasteiger partial charge in [-0.3, -0.25) is 9.36 Å². The van der Waals surface area contributed by atoms with Gasteiger partial charge in [-0.05, 0) is 67.9 Å². The lowest BCUT2D eigenvalue weighted by atomic mass is 9.73. The summed E-state index contributed by atoms with van der Waals surface area (Å²) in [6.45, 7) is 6.16. The van der Waals surface area contributed by atoms with E-state index >= 15 is 0 Å². The molecule has 2 N–H and O–H groups in total. The van der Waals surface area contributed by atoms with Crippen molar-refractivity contribution in [3.05, 3.63) is 82.7 Å². The van der Waals surface area contributed by atoms with Crippen LogP contribution in [0.25, 0.3) is 10.9 Å². The van der Waals surface area contributed by atoms with E-state index in [-0.39, 0.29) is 17.0 Å². The van der Waals surface area contributed by atoms with Crippen molar-refractivity contribution in [1.29, 1.82) is 0 Å². The SMILES string of the molecule is COC(C)(C)Cn1cnc2ccc(Sc3cnc(N4CCC5(CC4)Cc4ccccc4[C@H]5N)cn3)cc2c1=O. The third-order valence-corrected chi connectivity index (χ3v) is 9.32. The lowest BCUT2D eigenvalue weighted by Gasteiger charge is -2.42. The highest BCUT2D eigenvalue weighted by molar-refractivity contribution is 7.99. The van der Waals surface area contributed by atoms with Crippen molar-refractivity contribution in [2.75, 3.05) is 25.1 Å². The van der Waals surface area contributed by atoms with Crippen LogP contribution in [0.5, 0.6) is 0 Å². The minimum atomic E-state index is -0.466. The van der Waals surface area contributed by atoms with Gasteiger partial charge in [0.15, 0.2) is 0 Å². The average Bonchev–Trinajstić information content (AvgIpc) is 3.22. The third-order valence-electron chi connectivity index (χ3n) is 8.41. The maximum absolute atomic E-state index is 13.1. The summed E-state index contributed by atoms with van der Waals surface area (Å²) in [6, 6.07) is 14.4. The highest BCUT2D eigenvalue weighted by Gasteiger charge is 2.45. The van der Waals surface area contributed by atoms with Crippen LogP contribution in [0.15, 0.2) is 75.9 Å². The molecule has 2 aromatic heterocycles. The van der Waals surface area contributed by atoms with E-state index in [4.69, 9.17) is 15.5 Å². The van der Waals surface area contributed by atoms with Gasteiger partial charge in [0.1, 0.15) is 10.8 Å². The maximum Gasteiger partial charge on any atom is 0.261 e. The second-order valence-corrected chi connectivity index (χ2v) is 12.4. The van der Waals surface area contributed by atoms with Crippen LogP contribution >= 0.6 is 11.8 Å². The summed E-state index contributed by atoms with van der Waals surface area (Å²) in [4.78, 5) is 30.3. The van der Waals surface area contributed by atoms with Crippen molar-refractivity contribution in [2.45, 2.75) is 61.2 Å². The molecule has 8 nitrogen and oxygen atoms in total. The number of benzene rings is 2. The fourth-order valence-corrected chi connectivity index (χ4v) is 6.69. The molecule has 1 saturated heterocycles. The number of hydrogen-bond acceptors (Lipinski definition) is 8. The fourth-order valence-electron chi connectivity index (χ4n) is 5.92. The van der Waals surface area contributed by atoms with Gasteiger partial charge in [0.25, 0.3) is 5.56 Å². The normalized spacial score (nSPS) is 18.6. The van der Waals surface area contributed by atoms with Gasteiger partial charge in [-0.1, -0.05) is 36.0 Å². The minimum absolute atomic E-state index is 0.0815. The van der Waals surface area contributed by atoms with Crippen LogP contribution in [0.1, 0.15) is 43.9 Å². The van der Waals surface area contributed by atoms with E-state index < -0.39 is 5.60 Å². The Kier molecular flexibility index (Phi) is 6.69. The first-order valence-electron chi connectivity index (χ1n) is 13.4. The van der Waals surface area contributed by atoms with Gasteiger partial charge >= 0.3 is 0 Å². The molecule has 6 rings (SSSR count). The number of ether oxygens (including phenoxy) is 1. The number of hydrogen-bond donors (Lipinski definition) is 1. The van der Waals surface area contributed by atoms with Crippen LogP contribution in [-0.2, 0) is 17.7 Å². The summed E-state index contributed by atoms with van der Waals surface area (Å²) in [7, 11) is 1.65. The zero-order chi connectivity index (χ0) is 27.2. The number of anilines is 1.